The molecule has 0 aliphatic heterocycles. The van der Waals surface area contributed by atoms with Gasteiger partial charge in [0.25, 0.3) is 0 Å². The van der Waals surface area contributed by atoms with E-state index >= 15 is 0 Å². The highest BCUT2D eigenvalue weighted by atomic mass is 16.3. The predicted molar refractivity (Wildman–Crippen MR) is 212 cm³/mol. The summed E-state index contributed by atoms with van der Waals surface area (Å²) in [7, 11) is 0. The smallest absolute Gasteiger partial charge is 0.220 e. The number of aliphatic hydroxyl groups is 2. The van der Waals surface area contributed by atoms with Crippen LogP contribution in [0.4, 0.5) is 0 Å². The number of aliphatic hydroxyl groups excluding tert-OH is 2. The minimum atomic E-state index is -0.858. The fourth-order valence-corrected chi connectivity index (χ4v) is 6.31. The first kappa shape index (κ1) is 46.6. The molecule has 3 N–H and O–H groups in total. The second kappa shape index (κ2) is 40.0. The maximum atomic E-state index is 12.3. The van der Waals surface area contributed by atoms with Crippen LogP contribution in [-0.2, 0) is 4.79 Å². The summed E-state index contributed by atoms with van der Waals surface area (Å²) < 4.78 is 0. The summed E-state index contributed by atoms with van der Waals surface area (Å²) in [5.41, 5.74) is 0. The van der Waals surface area contributed by atoms with E-state index in [-0.39, 0.29) is 12.5 Å². The lowest BCUT2D eigenvalue weighted by molar-refractivity contribution is -0.123. The molecule has 2 unspecified atom stereocenters. The molecule has 0 aromatic carbocycles. The predicted octanol–water partition coefficient (Wildman–Crippen LogP) is 13.0. The third kappa shape index (κ3) is 35.9. The van der Waals surface area contributed by atoms with Crippen molar-refractivity contribution in [1.29, 1.82) is 0 Å². The first-order chi connectivity index (χ1) is 23.7. The van der Waals surface area contributed by atoms with E-state index in [1.807, 2.05) is 6.08 Å². The molecule has 0 aromatic rings. The van der Waals surface area contributed by atoms with Gasteiger partial charge in [0.2, 0.25) is 5.91 Å². The highest BCUT2D eigenvalue weighted by molar-refractivity contribution is 5.76. The molecule has 4 heteroatoms. The van der Waals surface area contributed by atoms with Gasteiger partial charge in [-0.3, -0.25) is 4.79 Å². The van der Waals surface area contributed by atoms with Crippen molar-refractivity contribution in [2.75, 3.05) is 6.61 Å². The highest BCUT2D eigenvalue weighted by Gasteiger charge is 2.17. The summed E-state index contributed by atoms with van der Waals surface area (Å²) in [6.45, 7) is 4.25. The Hall–Kier alpha value is -1.39. The molecule has 0 aliphatic rings. The van der Waals surface area contributed by atoms with Crippen molar-refractivity contribution in [2.45, 2.75) is 231 Å². The van der Waals surface area contributed by atoms with Crippen molar-refractivity contribution >= 4 is 5.91 Å². The molecule has 0 fully saturated rings. The summed E-state index contributed by atoms with van der Waals surface area (Å²) in [6.07, 6.45) is 52.7. The summed E-state index contributed by atoms with van der Waals surface area (Å²) in [5, 5.41) is 22.8. The lowest BCUT2D eigenvalue weighted by Crippen LogP contribution is -2.45. The Bertz CT molecular complexity index is 731. The van der Waals surface area contributed by atoms with E-state index in [2.05, 4.69) is 43.5 Å². The van der Waals surface area contributed by atoms with Gasteiger partial charge in [0.1, 0.15) is 0 Å². The van der Waals surface area contributed by atoms with E-state index in [1.54, 1.807) is 6.08 Å². The number of hydrogen-bond donors (Lipinski definition) is 3. The number of unbranched alkanes of at least 4 members (excludes halogenated alkanes) is 27. The van der Waals surface area contributed by atoms with Gasteiger partial charge in [-0.1, -0.05) is 192 Å². The molecule has 0 aromatic heterocycles. The van der Waals surface area contributed by atoms with E-state index in [1.165, 1.54) is 167 Å². The van der Waals surface area contributed by atoms with Gasteiger partial charge >= 0.3 is 0 Å². The summed E-state index contributed by atoms with van der Waals surface area (Å²) >= 11 is 0. The maximum absolute atomic E-state index is 12.3. The Morgan fingerprint density at radius 1 is 0.479 bits per heavy atom. The SMILES string of the molecule is CCCCC/C=C/CC/C=C/C(O)C(CO)NC(=O)CCCCCCCCCCCCC/C=C\CCCCCCCCCCCCCC. The molecule has 1 amide bonds. The zero-order chi connectivity index (χ0) is 35.0. The maximum Gasteiger partial charge on any atom is 0.220 e. The van der Waals surface area contributed by atoms with Crippen LogP contribution in [0.3, 0.4) is 0 Å². The monoisotopic (exact) mass is 674 g/mol. The topological polar surface area (TPSA) is 69.6 Å². The van der Waals surface area contributed by atoms with Gasteiger partial charge in [-0.25, -0.2) is 0 Å². The van der Waals surface area contributed by atoms with Gasteiger partial charge in [-0.2, -0.15) is 0 Å². The number of carbonyl (C=O) groups excluding carboxylic acids is 1. The Morgan fingerprint density at radius 3 is 1.25 bits per heavy atom. The van der Waals surface area contributed by atoms with Crippen LogP contribution in [0.25, 0.3) is 0 Å². The van der Waals surface area contributed by atoms with E-state index in [4.69, 9.17) is 0 Å². The Labute approximate surface area is 300 Å². The molecule has 0 saturated carbocycles. The van der Waals surface area contributed by atoms with Gasteiger partial charge in [0.15, 0.2) is 0 Å². The van der Waals surface area contributed by atoms with Gasteiger partial charge in [0.05, 0.1) is 18.8 Å². The molecule has 0 radical (unpaired) electrons. The molecule has 0 heterocycles. The van der Waals surface area contributed by atoms with Gasteiger partial charge in [-0.05, 0) is 57.8 Å². The van der Waals surface area contributed by atoms with Crippen LogP contribution in [0.1, 0.15) is 219 Å². The fraction of sp³-hybridized carbons (Fsp3) is 0.841. The molecule has 0 saturated heterocycles. The van der Waals surface area contributed by atoms with Gasteiger partial charge in [0, 0.05) is 6.42 Å². The number of allylic oxidation sites excluding steroid dienone is 5. The molecule has 0 rings (SSSR count). The summed E-state index contributed by atoms with van der Waals surface area (Å²) in [5.74, 6) is -0.0772. The molecule has 2 atom stereocenters. The van der Waals surface area contributed by atoms with Crippen molar-refractivity contribution in [1.82, 2.24) is 5.32 Å². The zero-order valence-electron chi connectivity index (χ0n) is 32.3. The van der Waals surface area contributed by atoms with E-state index in [0.29, 0.717) is 6.42 Å². The molecule has 0 spiro atoms. The minimum absolute atomic E-state index is 0.0772. The van der Waals surface area contributed by atoms with Crippen LogP contribution in [0.2, 0.25) is 0 Å². The first-order valence-corrected chi connectivity index (χ1v) is 21.2. The molecular formula is C44H83NO3. The van der Waals surface area contributed by atoms with E-state index < -0.39 is 12.1 Å². The quantitative estimate of drug-likeness (QED) is 0.0451. The Morgan fingerprint density at radius 2 is 0.812 bits per heavy atom. The average Bonchev–Trinajstić information content (AvgIpc) is 3.09. The summed E-state index contributed by atoms with van der Waals surface area (Å²) in [6, 6.07) is -0.635. The minimum Gasteiger partial charge on any atom is -0.394 e. The van der Waals surface area contributed by atoms with Crippen LogP contribution in [0.15, 0.2) is 36.5 Å². The largest absolute Gasteiger partial charge is 0.394 e. The third-order valence-electron chi connectivity index (χ3n) is 9.60. The van der Waals surface area contributed by atoms with Crippen molar-refractivity contribution < 1.29 is 15.0 Å². The van der Waals surface area contributed by atoms with Crippen LogP contribution in [-0.4, -0.2) is 34.9 Å². The fourth-order valence-electron chi connectivity index (χ4n) is 6.31. The molecule has 282 valence electrons. The molecule has 0 bridgehead atoms. The Balaban J connectivity index is 3.48. The van der Waals surface area contributed by atoms with Crippen LogP contribution < -0.4 is 5.32 Å². The van der Waals surface area contributed by atoms with Crippen LogP contribution in [0, 0.1) is 0 Å². The van der Waals surface area contributed by atoms with Crippen LogP contribution in [0.5, 0.6) is 0 Å². The second-order valence-corrected chi connectivity index (χ2v) is 14.4. The normalized spacial score (nSPS) is 13.3. The summed E-state index contributed by atoms with van der Waals surface area (Å²) in [4.78, 5) is 12.3. The molecular weight excluding hydrogens is 590 g/mol. The lowest BCUT2D eigenvalue weighted by atomic mass is 10.0. The highest BCUT2D eigenvalue weighted by Crippen LogP contribution is 2.15. The number of amides is 1. The zero-order valence-corrected chi connectivity index (χ0v) is 32.3. The first-order valence-electron chi connectivity index (χ1n) is 21.2. The average molecular weight is 674 g/mol. The van der Waals surface area contributed by atoms with E-state index in [9.17, 15) is 15.0 Å². The molecule has 0 aliphatic carbocycles. The number of nitrogens with one attached hydrogen (secondary N) is 1. The molecule has 4 nitrogen and oxygen atoms in total. The van der Waals surface area contributed by atoms with E-state index in [0.717, 1.165) is 32.1 Å². The number of carbonyl (C=O) groups is 1. The van der Waals surface area contributed by atoms with Gasteiger partial charge in [-0.15, -0.1) is 0 Å². The van der Waals surface area contributed by atoms with Crippen molar-refractivity contribution in [3.63, 3.8) is 0 Å². The van der Waals surface area contributed by atoms with Crippen molar-refractivity contribution in [3.05, 3.63) is 36.5 Å². The third-order valence-corrected chi connectivity index (χ3v) is 9.60. The van der Waals surface area contributed by atoms with Crippen LogP contribution >= 0.6 is 0 Å². The van der Waals surface area contributed by atoms with Crippen molar-refractivity contribution in [2.24, 2.45) is 0 Å². The standard InChI is InChI=1S/C44H83NO3/c1-3-5-7-9-11-13-14-15-16-17-18-19-20-21-22-23-24-25-26-27-28-29-30-32-34-36-38-40-44(48)45-42(41-46)43(47)39-37-35-33-31-12-10-8-6-4-2/h12,21-22,31,37,39,42-43,46-47H,3-11,13-20,23-30,32-36,38,40-41H2,1-2H3,(H,45,48)/b22-21-,31-12+,39-37+. The number of hydrogen-bond acceptors (Lipinski definition) is 3. The number of rotatable bonds is 38. The Kier molecular flexibility index (Phi) is 38.9. The lowest BCUT2D eigenvalue weighted by Gasteiger charge is -2.19. The van der Waals surface area contributed by atoms with Gasteiger partial charge < -0.3 is 15.5 Å². The molecule has 48 heavy (non-hydrogen) atoms. The van der Waals surface area contributed by atoms with Crippen molar-refractivity contribution in [3.8, 4) is 0 Å². The second-order valence-electron chi connectivity index (χ2n) is 14.4.